The maximum atomic E-state index is 13.7. The van der Waals surface area contributed by atoms with Gasteiger partial charge in [-0.2, -0.15) is 0 Å². The first kappa shape index (κ1) is 18.2. The minimum absolute atomic E-state index is 0.0814. The van der Waals surface area contributed by atoms with Gasteiger partial charge in [0.1, 0.15) is 11.6 Å². The molecule has 3 rings (SSSR count). The van der Waals surface area contributed by atoms with E-state index in [1.807, 2.05) is 0 Å². The highest BCUT2D eigenvalue weighted by molar-refractivity contribution is 6.04. The standard InChI is InChI=1S/C18H20F2N4O2/c19-14-1-2-17(16(20)10-14)23-18(25)13-9-15(12-21-11-13)22-3-4-24-5-7-26-8-6-24/h1-2,9-12,22H,3-8H2,(H,23,25). The number of nitrogens with zero attached hydrogens (tertiary/aromatic N) is 2. The Bertz CT molecular complexity index is 767. The van der Waals surface area contributed by atoms with Crippen LogP contribution in [-0.4, -0.2) is 55.2 Å². The van der Waals surface area contributed by atoms with E-state index in [1.54, 1.807) is 12.3 Å². The van der Waals surface area contributed by atoms with Crippen LogP contribution in [0.4, 0.5) is 20.2 Å². The number of rotatable bonds is 6. The third-order valence-electron chi connectivity index (χ3n) is 4.04. The highest BCUT2D eigenvalue weighted by Crippen LogP contribution is 2.17. The molecule has 2 heterocycles. The van der Waals surface area contributed by atoms with E-state index in [2.05, 4.69) is 20.5 Å². The molecule has 2 N–H and O–H groups in total. The maximum Gasteiger partial charge on any atom is 0.257 e. The number of benzene rings is 1. The number of hydrogen-bond donors (Lipinski definition) is 2. The quantitative estimate of drug-likeness (QED) is 0.826. The van der Waals surface area contributed by atoms with Crippen LogP contribution in [0.3, 0.4) is 0 Å². The molecule has 1 fully saturated rings. The number of nitrogens with one attached hydrogen (secondary N) is 2. The number of carbonyl (C=O) groups is 1. The van der Waals surface area contributed by atoms with Crippen LogP contribution in [0.5, 0.6) is 0 Å². The van der Waals surface area contributed by atoms with Gasteiger partial charge in [0.05, 0.1) is 30.2 Å². The first-order valence-electron chi connectivity index (χ1n) is 8.37. The van der Waals surface area contributed by atoms with E-state index < -0.39 is 17.5 Å². The molecule has 1 aromatic heterocycles. The van der Waals surface area contributed by atoms with Gasteiger partial charge < -0.3 is 15.4 Å². The fourth-order valence-electron chi connectivity index (χ4n) is 2.63. The summed E-state index contributed by atoms with van der Waals surface area (Å²) in [5, 5.41) is 5.64. The van der Waals surface area contributed by atoms with Crippen LogP contribution >= 0.6 is 0 Å². The summed E-state index contributed by atoms with van der Waals surface area (Å²) in [5.74, 6) is -2.04. The molecule has 1 amide bonds. The van der Waals surface area contributed by atoms with E-state index in [-0.39, 0.29) is 11.3 Å². The predicted octanol–water partition coefficient (Wildman–Crippen LogP) is 2.36. The third kappa shape index (κ3) is 4.96. The molecule has 6 nitrogen and oxygen atoms in total. The van der Waals surface area contributed by atoms with Crippen molar-refractivity contribution in [2.24, 2.45) is 0 Å². The fraction of sp³-hybridized carbons (Fsp3) is 0.333. The molecule has 1 saturated heterocycles. The summed E-state index contributed by atoms with van der Waals surface area (Å²) in [7, 11) is 0. The molecular formula is C18H20F2N4O2. The van der Waals surface area contributed by atoms with Gasteiger partial charge in [-0.15, -0.1) is 0 Å². The van der Waals surface area contributed by atoms with Crippen LogP contribution in [0.15, 0.2) is 36.7 Å². The summed E-state index contributed by atoms with van der Waals surface area (Å²) < 4.78 is 31.9. The average molecular weight is 362 g/mol. The lowest BCUT2D eigenvalue weighted by Gasteiger charge is -2.26. The zero-order valence-corrected chi connectivity index (χ0v) is 14.2. The lowest BCUT2D eigenvalue weighted by atomic mass is 10.2. The van der Waals surface area contributed by atoms with Crippen molar-refractivity contribution in [1.29, 1.82) is 0 Å². The molecule has 1 aliphatic rings. The topological polar surface area (TPSA) is 66.5 Å². The molecule has 8 heteroatoms. The van der Waals surface area contributed by atoms with Crippen molar-refractivity contribution in [3.63, 3.8) is 0 Å². The number of carbonyl (C=O) groups excluding carboxylic acids is 1. The van der Waals surface area contributed by atoms with Gasteiger partial charge in [-0.1, -0.05) is 0 Å². The van der Waals surface area contributed by atoms with Gasteiger partial charge in [-0.3, -0.25) is 14.7 Å². The van der Waals surface area contributed by atoms with Gasteiger partial charge in [0.15, 0.2) is 0 Å². The van der Waals surface area contributed by atoms with Crippen LogP contribution in [0.25, 0.3) is 0 Å². The summed E-state index contributed by atoms with van der Waals surface area (Å²) in [6.07, 6.45) is 3.01. The maximum absolute atomic E-state index is 13.7. The number of ether oxygens (including phenoxy) is 1. The first-order valence-corrected chi connectivity index (χ1v) is 8.37. The molecule has 0 unspecified atom stereocenters. The van der Waals surface area contributed by atoms with Gasteiger partial charge in [0.2, 0.25) is 0 Å². The second kappa shape index (κ2) is 8.68. The van der Waals surface area contributed by atoms with Crippen LogP contribution in [0, 0.1) is 11.6 Å². The van der Waals surface area contributed by atoms with E-state index in [9.17, 15) is 13.6 Å². The molecule has 0 spiro atoms. The number of morpholine rings is 1. The molecule has 138 valence electrons. The summed E-state index contributed by atoms with van der Waals surface area (Å²) in [6, 6.07) is 4.63. The van der Waals surface area contributed by atoms with E-state index in [1.165, 1.54) is 12.3 Å². The zero-order chi connectivity index (χ0) is 18.4. The molecule has 0 aliphatic carbocycles. The van der Waals surface area contributed by atoms with Gasteiger partial charge in [0.25, 0.3) is 5.91 Å². The first-order chi connectivity index (χ1) is 12.6. The van der Waals surface area contributed by atoms with Crippen molar-refractivity contribution in [1.82, 2.24) is 9.88 Å². The number of pyridine rings is 1. The molecule has 0 atom stereocenters. The van der Waals surface area contributed by atoms with E-state index in [0.29, 0.717) is 12.2 Å². The van der Waals surface area contributed by atoms with Crippen molar-refractivity contribution in [3.05, 3.63) is 53.9 Å². The zero-order valence-electron chi connectivity index (χ0n) is 14.2. The van der Waals surface area contributed by atoms with Crippen LogP contribution in [0.1, 0.15) is 10.4 Å². The Kier molecular flexibility index (Phi) is 6.08. The highest BCUT2D eigenvalue weighted by Gasteiger charge is 2.12. The molecule has 26 heavy (non-hydrogen) atoms. The van der Waals surface area contributed by atoms with Crippen molar-refractivity contribution < 1.29 is 18.3 Å². The van der Waals surface area contributed by atoms with Crippen molar-refractivity contribution in [3.8, 4) is 0 Å². The second-order valence-corrected chi connectivity index (χ2v) is 5.92. The highest BCUT2D eigenvalue weighted by atomic mass is 19.1. The minimum Gasteiger partial charge on any atom is -0.382 e. The fourth-order valence-corrected chi connectivity index (χ4v) is 2.63. The number of amides is 1. The average Bonchev–Trinajstić information content (AvgIpc) is 2.65. The van der Waals surface area contributed by atoms with Gasteiger partial charge in [-0.05, 0) is 18.2 Å². The Balaban J connectivity index is 1.56. The molecule has 0 radical (unpaired) electrons. The number of hydrogen-bond acceptors (Lipinski definition) is 5. The van der Waals surface area contributed by atoms with E-state index >= 15 is 0 Å². The summed E-state index contributed by atoms with van der Waals surface area (Å²) in [4.78, 5) is 18.6. The summed E-state index contributed by atoms with van der Waals surface area (Å²) >= 11 is 0. The van der Waals surface area contributed by atoms with E-state index in [4.69, 9.17) is 4.74 Å². The SMILES string of the molecule is O=C(Nc1ccc(F)cc1F)c1cncc(NCCN2CCOCC2)c1. The van der Waals surface area contributed by atoms with Gasteiger partial charge in [0, 0.05) is 44.6 Å². The molecule has 0 bridgehead atoms. The smallest absolute Gasteiger partial charge is 0.257 e. The normalized spacial score (nSPS) is 14.8. The number of halogens is 2. The van der Waals surface area contributed by atoms with Gasteiger partial charge in [-0.25, -0.2) is 8.78 Å². The van der Waals surface area contributed by atoms with Crippen LogP contribution in [0.2, 0.25) is 0 Å². The minimum atomic E-state index is -0.828. The number of aromatic nitrogens is 1. The Morgan fingerprint density at radius 2 is 2.00 bits per heavy atom. The van der Waals surface area contributed by atoms with Crippen molar-refractivity contribution >= 4 is 17.3 Å². The van der Waals surface area contributed by atoms with Gasteiger partial charge >= 0.3 is 0 Å². The third-order valence-corrected chi connectivity index (χ3v) is 4.04. The molecule has 2 aromatic rings. The molecule has 0 saturated carbocycles. The predicted molar refractivity (Wildman–Crippen MR) is 94.3 cm³/mol. The Hall–Kier alpha value is -2.58. The van der Waals surface area contributed by atoms with Crippen LogP contribution in [-0.2, 0) is 4.74 Å². The second-order valence-electron chi connectivity index (χ2n) is 5.92. The molecular weight excluding hydrogens is 342 g/mol. The van der Waals surface area contributed by atoms with E-state index in [0.717, 1.165) is 45.0 Å². The lowest BCUT2D eigenvalue weighted by Crippen LogP contribution is -2.39. The van der Waals surface area contributed by atoms with Crippen LogP contribution < -0.4 is 10.6 Å². The summed E-state index contributed by atoms with van der Waals surface area (Å²) in [6.45, 7) is 4.88. The van der Waals surface area contributed by atoms with Crippen molar-refractivity contribution in [2.45, 2.75) is 0 Å². The summed E-state index contributed by atoms with van der Waals surface area (Å²) in [5.41, 5.74) is 0.901. The molecule has 1 aliphatic heterocycles. The Labute approximate surface area is 150 Å². The lowest BCUT2D eigenvalue weighted by molar-refractivity contribution is 0.0398. The Morgan fingerprint density at radius 1 is 1.19 bits per heavy atom. The monoisotopic (exact) mass is 362 g/mol. The number of anilines is 2. The Morgan fingerprint density at radius 3 is 2.77 bits per heavy atom. The largest absolute Gasteiger partial charge is 0.382 e. The molecule has 1 aromatic carbocycles. The van der Waals surface area contributed by atoms with Crippen molar-refractivity contribution in [2.75, 3.05) is 50.0 Å².